The van der Waals surface area contributed by atoms with E-state index in [1.807, 2.05) is 0 Å². The molecule has 1 nitrogen and oxygen atoms in total. The Hall–Kier alpha value is 0.177. The number of hydrogen-bond acceptors (Lipinski definition) is 1. The van der Waals surface area contributed by atoms with Crippen molar-refractivity contribution in [3.05, 3.63) is 0 Å². The Bertz CT molecular complexity index is 146. The first-order chi connectivity index (χ1) is 5.81. The van der Waals surface area contributed by atoms with Gasteiger partial charge in [0.1, 0.15) is 0 Å². The molecule has 2 fully saturated rings. The molecule has 2 rings (SSSR count). The quantitative estimate of drug-likeness (QED) is 0.568. The van der Waals surface area contributed by atoms with Gasteiger partial charge >= 0.3 is 0 Å². The second kappa shape index (κ2) is 3.50. The fourth-order valence-electron chi connectivity index (χ4n) is 2.84. The molecule has 1 aliphatic heterocycles. The third-order valence-electron chi connectivity index (χ3n) is 3.72. The highest BCUT2D eigenvalue weighted by Crippen LogP contribution is 2.42. The smallest absolute Gasteiger partial charge is 0.192 e. The first-order valence-corrected chi connectivity index (χ1v) is 8.14. The molecular formula is C10H20OSi. The third-order valence-corrected chi connectivity index (χ3v) is 8.23. The maximum atomic E-state index is 6.02. The zero-order chi connectivity index (χ0) is 8.44. The van der Waals surface area contributed by atoms with Gasteiger partial charge in [-0.15, -0.1) is 0 Å². The Balaban J connectivity index is 1.96. The Kier molecular flexibility index (Phi) is 2.56. The average Bonchev–Trinajstić information content (AvgIpc) is 2.55. The van der Waals surface area contributed by atoms with Crippen LogP contribution in [0.25, 0.3) is 0 Å². The van der Waals surface area contributed by atoms with Crippen LogP contribution in [-0.2, 0) is 4.43 Å². The van der Waals surface area contributed by atoms with Crippen molar-refractivity contribution in [2.24, 2.45) is 0 Å². The number of rotatable bonds is 1. The monoisotopic (exact) mass is 184 g/mol. The largest absolute Gasteiger partial charge is 0.417 e. The first kappa shape index (κ1) is 8.76. The van der Waals surface area contributed by atoms with E-state index in [2.05, 4.69) is 6.55 Å². The molecule has 1 saturated heterocycles. The molecule has 0 aromatic carbocycles. The van der Waals surface area contributed by atoms with Gasteiger partial charge in [0, 0.05) is 6.61 Å². The predicted octanol–water partition coefficient (Wildman–Crippen LogP) is 3.32. The molecule has 1 atom stereocenters. The highest BCUT2D eigenvalue weighted by molar-refractivity contribution is 6.74. The molecule has 0 aromatic heterocycles. The highest BCUT2D eigenvalue weighted by atomic mass is 28.4. The molecule has 0 bridgehead atoms. The van der Waals surface area contributed by atoms with Gasteiger partial charge < -0.3 is 4.43 Å². The fourth-order valence-corrected chi connectivity index (χ4v) is 6.71. The number of hydrogen-bond donors (Lipinski definition) is 0. The molecule has 0 amide bonds. The lowest BCUT2D eigenvalue weighted by atomic mass is 10.0. The molecule has 12 heavy (non-hydrogen) atoms. The van der Waals surface area contributed by atoms with Crippen LogP contribution in [0.1, 0.15) is 38.5 Å². The van der Waals surface area contributed by atoms with E-state index in [9.17, 15) is 0 Å². The van der Waals surface area contributed by atoms with Crippen LogP contribution in [0.3, 0.4) is 0 Å². The summed E-state index contributed by atoms with van der Waals surface area (Å²) in [7, 11) is -1.19. The van der Waals surface area contributed by atoms with Crippen LogP contribution >= 0.6 is 0 Å². The molecule has 70 valence electrons. The van der Waals surface area contributed by atoms with Crippen LogP contribution < -0.4 is 0 Å². The van der Waals surface area contributed by atoms with Gasteiger partial charge in [-0.25, -0.2) is 0 Å². The maximum absolute atomic E-state index is 6.02. The van der Waals surface area contributed by atoms with E-state index < -0.39 is 8.32 Å². The van der Waals surface area contributed by atoms with E-state index in [-0.39, 0.29) is 0 Å². The zero-order valence-corrected chi connectivity index (χ0v) is 9.14. The Morgan fingerprint density at radius 2 is 1.83 bits per heavy atom. The van der Waals surface area contributed by atoms with E-state index in [0.29, 0.717) is 0 Å². The van der Waals surface area contributed by atoms with Gasteiger partial charge in [-0.05, 0) is 24.6 Å². The summed E-state index contributed by atoms with van der Waals surface area (Å²) in [5.41, 5.74) is 1.01. The minimum Gasteiger partial charge on any atom is -0.417 e. The first-order valence-electron chi connectivity index (χ1n) is 5.45. The fraction of sp³-hybridized carbons (Fsp3) is 1.00. The van der Waals surface area contributed by atoms with Crippen LogP contribution in [0, 0.1) is 0 Å². The summed E-state index contributed by atoms with van der Waals surface area (Å²) in [5.74, 6) is 0. The maximum Gasteiger partial charge on any atom is 0.192 e. The second-order valence-corrected chi connectivity index (χ2v) is 8.83. The standard InChI is InChI=1S/C10H20OSi/c1-12(9-5-8-11-12)10-6-3-2-4-7-10/h10H,2-9H2,1H3. The van der Waals surface area contributed by atoms with Gasteiger partial charge in [0.2, 0.25) is 0 Å². The molecule has 2 aliphatic rings. The van der Waals surface area contributed by atoms with Crippen LogP contribution in [-0.4, -0.2) is 14.9 Å². The van der Waals surface area contributed by atoms with Crippen molar-refractivity contribution in [3.63, 3.8) is 0 Å². The summed E-state index contributed by atoms with van der Waals surface area (Å²) in [4.78, 5) is 0. The van der Waals surface area contributed by atoms with Crippen molar-refractivity contribution in [2.75, 3.05) is 6.61 Å². The topological polar surface area (TPSA) is 9.23 Å². The van der Waals surface area contributed by atoms with Crippen molar-refractivity contribution >= 4 is 8.32 Å². The molecule has 0 spiro atoms. The van der Waals surface area contributed by atoms with Crippen molar-refractivity contribution in [2.45, 2.75) is 56.7 Å². The Morgan fingerprint density at radius 1 is 1.08 bits per heavy atom. The molecule has 1 unspecified atom stereocenters. The van der Waals surface area contributed by atoms with E-state index in [4.69, 9.17) is 4.43 Å². The lowest BCUT2D eigenvalue weighted by Crippen LogP contribution is -2.36. The zero-order valence-electron chi connectivity index (χ0n) is 8.14. The van der Waals surface area contributed by atoms with Crippen molar-refractivity contribution < 1.29 is 4.43 Å². The highest BCUT2D eigenvalue weighted by Gasteiger charge is 2.41. The summed E-state index contributed by atoms with van der Waals surface area (Å²) >= 11 is 0. The minimum atomic E-state index is -1.19. The molecular weight excluding hydrogens is 164 g/mol. The molecule has 1 aliphatic carbocycles. The summed E-state index contributed by atoms with van der Waals surface area (Å²) in [6.07, 6.45) is 8.71. The van der Waals surface area contributed by atoms with Gasteiger partial charge in [-0.3, -0.25) is 0 Å². The Labute approximate surface area is 76.6 Å². The molecule has 0 aromatic rings. The van der Waals surface area contributed by atoms with E-state index in [0.717, 1.165) is 12.1 Å². The normalized spacial score (nSPS) is 38.8. The van der Waals surface area contributed by atoms with Gasteiger partial charge in [0.15, 0.2) is 8.32 Å². The van der Waals surface area contributed by atoms with Crippen LogP contribution in [0.5, 0.6) is 0 Å². The third kappa shape index (κ3) is 1.60. The van der Waals surface area contributed by atoms with Gasteiger partial charge in [-0.1, -0.05) is 32.1 Å². The van der Waals surface area contributed by atoms with Gasteiger partial charge in [0.25, 0.3) is 0 Å². The van der Waals surface area contributed by atoms with E-state index in [1.54, 1.807) is 0 Å². The van der Waals surface area contributed by atoms with Crippen LogP contribution in [0.4, 0.5) is 0 Å². The van der Waals surface area contributed by atoms with Gasteiger partial charge in [-0.2, -0.15) is 0 Å². The Morgan fingerprint density at radius 3 is 2.42 bits per heavy atom. The molecule has 1 heterocycles. The second-order valence-electron chi connectivity index (χ2n) is 4.60. The lowest BCUT2D eigenvalue weighted by Gasteiger charge is -2.33. The summed E-state index contributed by atoms with van der Waals surface area (Å²) in [5, 5.41) is 0. The van der Waals surface area contributed by atoms with E-state index >= 15 is 0 Å². The van der Waals surface area contributed by atoms with Crippen molar-refractivity contribution in [1.82, 2.24) is 0 Å². The average molecular weight is 184 g/mol. The van der Waals surface area contributed by atoms with Crippen LogP contribution in [0.15, 0.2) is 0 Å². The van der Waals surface area contributed by atoms with Crippen molar-refractivity contribution in [3.8, 4) is 0 Å². The predicted molar refractivity (Wildman–Crippen MR) is 53.8 cm³/mol. The molecule has 0 radical (unpaired) electrons. The summed E-state index contributed by atoms with van der Waals surface area (Å²) < 4.78 is 6.02. The van der Waals surface area contributed by atoms with Crippen molar-refractivity contribution in [1.29, 1.82) is 0 Å². The SMILES string of the molecule is C[Si]1(C2CCCCC2)CCCO1. The summed E-state index contributed by atoms with van der Waals surface area (Å²) in [6, 6.07) is 1.44. The lowest BCUT2D eigenvalue weighted by molar-refractivity contribution is 0.324. The molecule has 0 N–H and O–H groups in total. The summed E-state index contributed by atoms with van der Waals surface area (Å²) in [6.45, 7) is 3.54. The van der Waals surface area contributed by atoms with E-state index in [1.165, 1.54) is 44.6 Å². The van der Waals surface area contributed by atoms with Gasteiger partial charge in [0.05, 0.1) is 0 Å². The molecule has 1 saturated carbocycles. The van der Waals surface area contributed by atoms with Crippen LogP contribution in [0.2, 0.25) is 18.1 Å². The molecule has 2 heteroatoms. The minimum absolute atomic E-state index is 1.01.